The molecule has 0 spiro atoms. The van der Waals surface area contributed by atoms with Gasteiger partial charge in [-0.25, -0.2) is 5.26 Å². The Hall–Kier alpha value is -3.91. The van der Waals surface area contributed by atoms with E-state index in [4.69, 9.17) is 14.4 Å². The highest BCUT2D eigenvalue weighted by atomic mass is 32.2. The second-order valence-corrected chi connectivity index (χ2v) is 11.4. The lowest BCUT2D eigenvalue weighted by Crippen LogP contribution is -2.33. The van der Waals surface area contributed by atoms with Crippen LogP contribution in [0.2, 0.25) is 0 Å². The van der Waals surface area contributed by atoms with Crippen LogP contribution in [0, 0.1) is 0 Å². The van der Waals surface area contributed by atoms with Gasteiger partial charge in [-0.15, -0.1) is 4.33 Å². The van der Waals surface area contributed by atoms with Gasteiger partial charge >= 0.3 is 5.89 Å². The first-order valence-corrected chi connectivity index (χ1v) is 14.9. The maximum absolute atomic E-state index is 11.6. The van der Waals surface area contributed by atoms with Crippen LogP contribution in [-0.4, -0.2) is 24.8 Å². The second-order valence-electron chi connectivity index (χ2n) is 9.19. The van der Waals surface area contributed by atoms with Gasteiger partial charge in [-0.3, -0.25) is 4.55 Å². The summed E-state index contributed by atoms with van der Waals surface area (Å²) in [5, 5.41) is 15.4. The molecule has 0 bridgehead atoms. The van der Waals surface area contributed by atoms with Crippen LogP contribution in [0.4, 0.5) is 5.69 Å². The van der Waals surface area contributed by atoms with Crippen LogP contribution in [0.1, 0.15) is 19.7 Å². The van der Waals surface area contributed by atoms with E-state index in [2.05, 4.69) is 21.2 Å². The Bertz CT molecular complexity index is 1980. The first-order chi connectivity index (χ1) is 19.8. The number of oxazole rings is 1. The van der Waals surface area contributed by atoms with Gasteiger partial charge in [-0.2, -0.15) is 13.0 Å². The zero-order valence-corrected chi connectivity index (χ0v) is 23.6. The molecule has 1 aromatic heterocycles. The van der Waals surface area contributed by atoms with Crippen molar-refractivity contribution in [3.05, 3.63) is 84.6 Å². The van der Waals surface area contributed by atoms with Gasteiger partial charge in [0.15, 0.2) is 5.75 Å². The number of fused-ring (bicyclic) bond motifs is 6. The van der Waals surface area contributed by atoms with E-state index >= 15 is 0 Å². The Morgan fingerprint density at radius 2 is 1.80 bits per heavy atom. The molecule has 1 aliphatic heterocycles. The molecular weight excluding hydrogens is 568 g/mol. The summed E-state index contributed by atoms with van der Waals surface area (Å²) < 4.78 is 51.7. The highest BCUT2D eigenvalue weighted by Gasteiger charge is 2.27. The van der Waals surface area contributed by atoms with Crippen LogP contribution in [0.25, 0.3) is 38.7 Å². The van der Waals surface area contributed by atoms with Crippen molar-refractivity contribution in [2.45, 2.75) is 30.2 Å². The second kappa shape index (κ2) is 10.8. The number of allylic oxidation sites excluding steroid dienone is 2. The molecule has 210 valence electrons. The van der Waals surface area contributed by atoms with Gasteiger partial charge in [0, 0.05) is 28.3 Å². The minimum atomic E-state index is -4.31. The smallest absolute Gasteiger partial charge is 0.374 e. The van der Waals surface area contributed by atoms with E-state index in [9.17, 15) is 13.0 Å². The summed E-state index contributed by atoms with van der Waals surface area (Å²) in [6, 6.07) is 17.8. The van der Waals surface area contributed by atoms with Crippen molar-refractivity contribution in [2.75, 3.05) is 11.4 Å². The fourth-order valence-corrected chi connectivity index (χ4v) is 6.04. The third-order valence-electron chi connectivity index (χ3n) is 6.94. The molecule has 2 heterocycles. The van der Waals surface area contributed by atoms with E-state index in [1.54, 1.807) is 6.07 Å². The summed E-state index contributed by atoms with van der Waals surface area (Å²) in [5.41, 5.74) is 2.45. The number of hydrogen-bond donors (Lipinski definition) is 2. The fraction of sp³-hybridized carbons (Fsp3) is 0.138. The first kappa shape index (κ1) is 27.3. The van der Waals surface area contributed by atoms with Crippen LogP contribution < -0.4 is 14.2 Å². The van der Waals surface area contributed by atoms with E-state index in [0.29, 0.717) is 35.8 Å². The lowest BCUT2D eigenvalue weighted by molar-refractivity contribution is -0.674. The van der Waals surface area contributed by atoms with Gasteiger partial charge in [0.25, 0.3) is 15.6 Å². The molecule has 0 saturated carbocycles. The van der Waals surface area contributed by atoms with Crippen LogP contribution in [0.15, 0.2) is 92.9 Å². The van der Waals surface area contributed by atoms with Crippen molar-refractivity contribution < 1.29 is 41.3 Å². The Morgan fingerprint density at radius 1 is 1.02 bits per heavy atom. The molecule has 0 aliphatic carbocycles. The van der Waals surface area contributed by atoms with E-state index in [1.807, 2.05) is 72.2 Å². The van der Waals surface area contributed by atoms with Crippen LogP contribution in [0.3, 0.4) is 0 Å². The topological polar surface area (TPSA) is 123 Å². The molecule has 0 saturated heterocycles. The standard InChI is InChI=1S/C29H24N2O8S2/c1-3-30-24-14-8-18-16-20(40-39-38-32)10-12-22(18)28(24)36-26(30)6-5-7-27-31(4-2)25-15-9-19-17-21(41(33,34)35)11-13-23(19)29(25)37-27/h5-17H,3-4H2,1-2H3,(H-,32,33,34,35)/p+1. The molecule has 0 fully saturated rings. The quantitative estimate of drug-likeness (QED) is 0.0678. The van der Waals surface area contributed by atoms with Gasteiger partial charge in [0.2, 0.25) is 11.5 Å². The van der Waals surface area contributed by atoms with Crippen molar-refractivity contribution in [1.82, 2.24) is 0 Å². The van der Waals surface area contributed by atoms with E-state index in [1.165, 1.54) is 12.1 Å². The summed E-state index contributed by atoms with van der Waals surface area (Å²) in [6.45, 7) is 5.42. The molecule has 0 atom stereocenters. The largest absolute Gasteiger partial charge is 0.438 e. The lowest BCUT2D eigenvalue weighted by atomic mass is 10.1. The number of hydrogen-bond acceptors (Lipinski definition) is 9. The molecule has 4 aromatic carbocycles. The van der Waals surface area contributed by atoms with Crippen molar-refractivity contribution >= 4 is 66.6 Å². The highest BCUT2D eigenvalue weighted by Crippen LogP contribution is 2.44. The Balaban J connectivity index is 1.33. The number of aryl methyl sites for hydroxylation is 1. The summed E-state index contributed by atoms with van der Waals surface area (Å²) >= 11 is 0.900. The molecule has 0 amide bonds. The lowest BCUT2D eigenvalue weighted by Gasteiger charge is -2.15. The van der Waals surface area contributed by atoms with Crippen molar-refractivity contribution in [3.63, 3.8) is 0 Å². The summed E-state index contributed by atoms with van der Waals surface area (Å²) in [6.07, 6.45) is 5.62. The highest BCUT2D eigenvalue weighted by molar-refractivity contribution is 7.94. The predicted molar refractivity (Wildman–Crippen MR) is 155 cm³/mol. The van der Waals surface area contributed by atoms with Crippen LogP contribution in [0.5, 0.6) is 5.75 Å². The predicted octanol–water partition coefficient (Wildman–Crippen LogP) is 6.50. The number of ether oxygens (including phenoxy) is 1. The maximum atomic E-state index is 11.6. The monoisotopic (exact) mass is 593 g/mol. The third-order valence-corrected chi connectivity index (χ3v) is 8.36. The van der Waals surface area contributed by atoms with E-state index in [-0.39, 0.29) is 4.90 Å². The number of benzene rings is 4. The number of nitrogens with zero attached hydrogens (tertiary/aromatic N) is 2. The van der Waals surface area contributed by atoms with Crippen LogP contribution in [-0.2, 0) is 26.0 Å². The van der Waals surface area contributed by atoms with Gasteiger partial charge < -0.3 is 14.1 Å². The number of rotatable bonds is 8. The first-order valence-electron chi connectivity index (χ1n) is 12.7. The molecule has 0 unspecified atom stereocenters. The molecule has 6 rings (SSSR count). The Morgan fingerprint density at radius 3 is 2.56 bits per heavy atom. The molecule has 41 heavy (non-hydrogen) atoms. The maximum Gasteiger partial charge on any atom is 0.374 e. The van der Waals surface area contributed by atoms with Gasteiger partial charge in [-0.05, 0) is 85.3 Å². The number of anilines is 1. The zero-order chi connectivity index (χ0) is 28.7. The van der Waals surface area contributed by atoms with Crippen molar-refractivity contribution in [2.24, 2.45) is 0 Å². The fourth-order valence-electron chi connectivity index (χ4n) is 5.11. The molecular formula is C29H25N2O8S2+. The summed E-state index contributed by atoms with van der Waals surface area (Å²) in [7, 11) is -4.31. The molecule has 12 heteroatoms. The SMILES string of the molecule is CCN1/C(=C/C=C/c2oc3c4ccc(S(=O)(=O)O)cc4ccc3[n+]2CC)Oc2c1ccc1cc(SOOO)ccc21. The normalized spacial score (nSPS) is 14.6. The zero-order valence-electron chi connectivity index (χ0n) is 22.0. The molecule has 1 aliphatic rings. The van der Waals surface area contributed by atoms with Crippen LogP contribution >= 0.6 is 12.0 Å². The summed E-state index contributed by atoms with van der Waals surface area (Å²) in [5.74, 6) is 2.04. The van der Waals surface area contributed by atoms with Gasteiger partial charge in [-0.1, -0.05) is 11.1 Å². The average molecular weight is 594 g/mol. The van der Waals surface area contributed by atoms with Gasteiger partial charge in [0.1, 0.15) is 6.54 Å². The molecule has 10 nitrogen and oxygen atoms in total. The number of aromatic nitrogens is 1. The van der Waals surface area contributed by atoms with Crippen molar-refractivity contribution in [1.29, 1.82) is 0 Å². The van der Waals surface area contributed by atoms with Gasteiger partial charge in [0.05, 0.1) is 28.7 Å². The van der Waals surface area contributed by atoms with E-state index in [0.717, 1.165) is 50.1 Å². The minimum absolute atomic E-state index is 0.165. The molecule has 0 radical (unpaired) electrons. The molecule has 2 N–H and O–H groups in total. The Labute approximate surface area is 239 Å². The minimum Gasteiger partial charge on any atom is -0.438 e. The summed E-state index contributed by atoms with van der Waals surface area (Å²) in [4.78, 5) is 2.68. The third kappa shape index (κ3) is 4.95. The Kier molecular flexibility index (Phi) is 7.20. The average Bonchev–Trinajstić information content (AvgIpc) is 3.52. The van der Waals surface area contributed by atoms with Crippen molar-refractivity contribution in [3.8, 4) is 5.75 Å². The van der Waals surface area contributed by atoms with E-state index < -0.39 is 10.1 Å². The molecule has 5 aromatic rings.